The van der Waals surface area contributed by atoms with E-state index in [0.717, 1.165) is 0 Å². The van der Waals surface area contributed by atoms with Crippen LogP contribution in [-0.2, 0) is 28.8 Å². The molecule has 0 aromatic carbocycles. The Morgan fingerprint density at radius 2 is 1.22 bits per heavy atom. The van der Waals surface area contributed by atoms with Gasteiger partial charge < -0.3 is 48.5 Å². The van der Waals surface area contributed by atoms with Gasteiger partial charge in [0.2, 0.25) is 17.7 Å². The molecule has 0 bridgehead atoms. The largest absolute Gasteiger partial charge is 0.481 e. The minimum atomic E-state index is -1.45. The first kappa shape index (κ1) is 32.4. The van der Waals surface area contributed by atoms with Crippen LogP contribution in [0.25, 0.3) is 0 Å². The molecule has 4 atom stereocenters. The molecule has 0 rings (SSSR count). The van der Waals surface area contributed by atoms with E-state index in [1.807, 2.05) is 0 Å². The number of carbonyl (C=O) groups is 6. The molecule has 0 saturated heterocycles. The quantitative estimate of drug-likeness (QED) is 0.0355. The Labute approximate surface area is 211 Å². The van der Waals surface area contributed by atoms with Crippen LogP contribution in [0.2, 0.25) is 0 Å². The summed E-state index contributed by atoms with van der Waals surface area (Å²) >= 11 is 3.83. The van der Waals surface area contributed by atoms with Crippen molar-refractivity contribution in [2.24, 2.45) is 22.2 Å². The van der Waals surface area contributed by atoms with Crippen LogP contribution in [0.5, 0.6) is 0 Å². The standard InChI is InChI=1S/C19H33N7O9S/c20-9(3-5-13(27)28)15(31)24-10(2-1-7-23-19(21)22)16(32)25-11(4-6-14(29)30)17(33)26-12(8-36)18(34)35/h9-12,36H,1-8,20H2,(H,24,31)(H,25,32)(H,26,33)(H,27,28)(H,29,30)(H,34,35)(H4,21,22,23). The third-order valence-corrected chi connectivity index (χ3v) is 5.03. The van der Waals surface area contributed by atoms with Gasteiger partial charge in [0, 0.05) is 25.1 Å². The van der Waals surface area contributed by atoms with Crippen LogP contribution < -0.4 is 33.2 Å². The normalized spacial score (nSPS) is 13.8. The second kappa shape index (κ2) is 16.9. The number of nitrogens with zero attached hydrogens (tertiary/aromatic N) is 1. The summed E-state index contributed by atoms with van der Waals surface area (Å²) in [5, 5.41) is 33.7. The summed E-state index contributed by atoms with van der Waals surface area (Å²) in [6.07, 6.45) is -1.32. The number of nitrogens with two attached hydrogens (primary N) is 3. The van der Waals surface area contributed by atoms with Gasteiger partial charge in [0.15, 0.2) is 5.96 Å². The SMILES string of the molecule is NC(N)=NCCCC(NC(=O)C(N)CCC(=O)O)C(=O)NC(CCC(=O)O)C(=O)NC(CS)C(=O)O. The molecule has 204 valence electrons. The minimum absolute atomic E-state index is 0.0261. The van der Waals surface area contributed by atoms with Crippen LogP contribution >= 0.6 is 12.6 Å². The zero-order valence-corrected chi connectivity index (χ0v) is 20.3. The van der Waals surface area contributed by atoms with Crippen molar-refractivity contribution in [2.75, 3.05) is 12.3 Å². The highest BCUT2D eigenvalue weighted by molar-refractivity contribution is 7.80. The predicted octanol–water partition coefficient (Wildman–Crippen LogP) is -3.43. The first-order valence-electron chi connectivity index (χ1n) is 10.8. The molecule has 0 aromatic rings. The van der Waals surface area contributed by atoms with Gasteiger partial charge in [-0.25, -0.2) is 4.79 Å². The lowest BCUT2D eigenvalue weighted by atomic mass is 10.1. The van der Waals surface area contributed by atoms with Gasteiger partial charge in [-0.05, 0) is 25.7 Å². The molecule has 3 amide bonds. The van der Waals surface area contributed by atoms with Gasteiger partial charge in [-0.15, -0.1) is 0 Å². The predicted molar refractivity (Wildman–Crippen MR) is 129 cm³/mol. The average molecular weight is 536 g/mol. The van der Waals surface area contributed by atoms with E-state index in [2.05, 4.69) is 33.6 Å². The lowest BCUT2D eigenvalue weighted by Crippen LogP contribution is -2.57. The lowest BCUT2D eigenvalue weighted by molar-refractivity contribution is -0.142. The molecule has 0 radical (unpaired) electrons. The first-order chi connectivity index (χ1) is 16.8. The summed E-state index contributed by atoms with van der Waals surface area (Å²) in [7, 11) is 0. The topological polar surface area (TPSA) is 290 Å². The summed E-state index contributed by atoms with van der Waals surface area (Å²) in [5.41, 5.74) is 16.2. The number of carboxylic acids is 3. The van der Waals surface area contributed by atoms with Gasteiger partial charge in [0.25, 0.3) is 0 Å². The van der Waals surface area contributed by atoms with Crippen molar-refractivity contribution in [3.05, 3.63) is 0 Å². The number of hydrogen-bond donors (Lipinski definition) is 10. The number of nitrogens with one attached hydrogen (secondary N) is 3. The van der Waals surface area contributed by atoms with Crippen LogP contribution in [0.1, 0.15) is 38.5 Å². The highest BCUT2D eigenvalue weighted by atomic mass is 32.1. The maximum atomic E-state index is 12.9. The van der Waals surface area contributed by atoms with E-state index in [1.54, 1.807) is 0 Å². The van der Waals surface area contributed by atoms with Crippen molar-refractivity contribution >= 4 is 54.2 Å². The molecule has 0 aromatic heterocycles. The van der Waals surface area contributed by atoms with Crippen LogP contribution in [0, 0.1) is 0 Å². The second-order valence-electron chi connectivity index (χ2n) is 7.62. The van der Waals surface area contributed by atoms with Crippen LogP contribution in [0.15, 0.2) is 4.99 Å². The summed E-state index contributed by atoms with van der Waals surface area (Å²) in [6, 6.07) is -5.37. The van der Waals surface area contributed by atoms with Gasteiger partial charge in [0.1, 0.15) is 18.1 Å². The van der Waals surface area contributed by atoms with Crippen LogP contribution in [0.3, 0.4) is 0 Å². The molecular weight excluding hydrogens is 502 g/mol. The maximum Gasteiger partial charge on any atom is 0.327 e. The summed E-state index contributed by atoms with van der Waals surface area (Å²) in [5.74, 6) is -6.96. The number of rotatable bonds is 18. The zero-order valence-electron chi connectivity index (χ0n) is 19.4. The Morgan fingerprint density at radius 3 is 1.69 bits per heavy atom. The Kier molecular flexibility index (Phi) is 15.2. The van der Waals surface area contributed by atoms with Crippen molar-refractivity contribution in [2.45, 2.75) is 62.7 Å². The molecule has 0 heterocycles. The first-order valence-corrected chi connectivity index (χ1v) is 11.4. The van der Waals surface area contributed by atoms with E-state index in [1.165, 1.54) is 0 Å². The van der Waals surface area contributed by atoms with E-state index < -0.39 is 66.2 Å². The molecule has 0 aliphatic heterocycles. The maximum absolute atomic E-state index is 12.9. The van der Waals surface area contributed by atoms with Crippen molar-refractivity contribution in [1.82, 2.24) is 16.0 Å². The molecule has 17 heteroatoms. The van der Waals surface area contributed by atoms with Crippen LogP contribution in [0.4, 0.5) is 0 Å². The van der Waals surface area contributed by atoms with Gasteiger partial charge in [-0.2, -0.15) is 12.6 Å². The van der Waals surface area contributed by atoms with E-state index >= 15 is 0 Å². The number of thiol groups is 1. The van der Waals surface area contributed by atoms with Gasteiger partial charge in [-0.1, -0.05) is 0 Å². The summed E-state index contributed by atoms with van der Waals surface area (Å²) in [4.78, 5) is 74.6. The Bertz CT molecular complexity index is 836. The molecular formula is C19H33N7O9S. The monoisotopic (exact) mass is 535 g/mol. The molecule has 0 spiro atoms. The third kappa shape index (κ3) is 14.0. The Balaban J connectivity index is 5.59. The molecule has 0 aliphatic rings. The number of carbonyl (C=O) groups excluding carboxylic acids is 3. The van der Waals surface area contributed by atoms with E-state index in [0.29, 0.717) is 0 Å². The molecule has 0 fully saturated rings. The molecule has 12 N–H and O–H groups in total. The van der Waals surface area contributed by atoms with Crippen molar-refractivity contribution in [3.8, 4) is 0 Å². The average Bonchev–Trinajstić information content (AvgIpc) is 2.79. The summed E-state index contributed by atoms with van der Waals surface area (Å²) in [6.45, 7) is 0.0955. The lowest BCUT2D eigenvalue weighted by Gasteiger charge is -2.24. The van der Waals surface area contributed by atoms with E-state index in [-0.39, 0.29) is 50.4 Å². The van der Waals surface area contributed by atoms with Gasteiger partial charge >= 0.3 is 17.9 Å². The molecule has 0 saturated carbocycles. The van der Waals surface area contributed by atoms with Crippen molar-refractivity contribution < 1.29 is 44.1 Å². The molecule has 0 aliphatic carbocycles. The number of carboxylic acid groups (broad SMARTS) is 3. The van der Waals surface area contributed by atoms with Crippen molar-refractivity contribution in [1.29, 1.82) is 0 Å². The van der Waals surface area contributed by atoms with Crippen molar-refractivity contribution in [3.63, 3.8) is 0 Å². The Morgan fingerprint density at radius 1 is 0.750 bits per heavy atom. The minimum Gasteiger partial charge on any atom is -0.481 e. The highest BCUT2D eigenvalue weighted by Crippen LogP contribution is 2.05. The fourth-order valence-corrected chi connectivity index (χ4v) is 2.98. The molecule has 4 unspecified atom stereocenters. The fourth-order valence-electron chi connectivity index (χ4n) is 2.73. The van der Waals surface area contributed by atoms with E-state index in [4.69, 9.17) is 32.5 Å². The smallest absolute Gasteiger partial charge is 0.327 e. The zero-order chi connectivity index (χ0) is 27.8. The van der Waals surface area contributed by atoms with Gasteiger partial charge in [0.05, 0.1) is 6.04 Å². The molecule has 36 heavy (non-hydrogen) atoms. The number of amides is 3. The van der Waals surface area contributed by atoms with Crippen LogP contribution in [-0.4, -0.2) is 93.4 Å². The fraction of sp³-hybridized carbons (Fsp3) is 0.632. The summed E-state index contributed by atoms with van der Waals surface area (Å²) < 4.78 is 0. The number of aliphatic imine (C=N–C) groups is 1. The second-order valence-corrected chi connectivity index (χ2v) is 7.99. The number of aliphatic carboxylic acids is 3. The highest BCUT2D eigenvalue weighted by Gasteiger charge is 2.30. The number of guanidine groups is 1. The molecule has 16 nitrogen and oxygen atoms in total. The Hall–Kier alpha value is -3.60. The van der Waals surface area contributed by atoms with Gasteiger partial charge in [-0.3, -0.25) is 29.0 Å². The third-order valence-electron chi connectivity index (χ3n) is 4.66. The van der Waals surface area contributed by atoms with E-state index in [9.17, 15) is 28.8 Å². The number of hydrogen-bond acceptors (Lipinski definition) is 9.